The monoisotopic (exact) mass is 265 g/mol. The lowest BCUT2D eigenvalue weighted by Gasteiger charge is -2.03. The van der Waals surface area contributed by atoms with Gasteiger partial charge in [0.2, 0.25) is 11.6 Å². The molecule has 0 radical (unpaired) electrons. The van der Waals surface area contributed by atoms with Gasteiger partial charge in [0, 0.05) is 18.0 Å². The molecule has 0 aliphatic heterocycles. The zero-order valence-corrected chi connectivity index (χ0v) is 9.35. The average molecular weight is 265 g/mol. The number of hydrogen-bond acceptors (Lipinski definition) is 4. The highest BCUT2D eigenvalue weighted by atomic mass is 19.4. The van der Waals surface area contributed by atoms with Crippen LogP contribution in [0.25, 0.3) is 22.7 Å². The van der Waals surface area contributed by atoms with Crippen LogP contribution in [0.4, 0.5) is 13.2 Å². The summed E-state index contributed by atoms with van der Waals surface area (Å²) in [4.78, 5) is 11.3. The molecule has 3 heterocycles. The van der Waals surface area contributed by atoms with E-state index in [0.29, 0.717) is 5.56 Å². The molecule has 3 aromatic rings. The molecule has 3 rings (SSSR count). The molecule has 0 unspecified atom stereocenters. The van der Waals surface area contributed by atoms with Gasteiger partial charge in [0.05, 0.1) is 0 Å². The van der Waals surface area contributed by atoms with E-state index < -0.39 is 11.9 Å². The van der Waals surface area contributed by atoms with Gasteiger partial charge in [-0.15, -0.1) is 0 Å². The first kappa shape index (κ1) is 11.6. The first-order chi connectivity index (χ1) is 9.04. The van der Waals surface area contributed by atoms with E-state index in [0.717, 1.165) is 6.07 Å². The third kappa shape index (κ3) is 2.14. The number of hydrogen-bond donors (Lipinski definition) is 0. The van der Waals surface area contributed by atoms with E-state index in [2.05, 4.69) is 15.0 Å². The average Bonchev–Trinajstić information content (AvgIpc) is 2.81. The zero-order chi connectivity index (χ0) is 13.5. The molecule has 0 N–H and O–H groups in total. The van der Waals surface area contributed by atoms with E-state index in [-0.39, 0.29) is 17.1 Å². The first-order valence-corrected chi connectivity index (χ1v) is 5.29. The van der Waals surface area contributed by atoms with Gasteiger partial charge in [-0.1, -0.05) is 0 Å². The number of oxazole rings is 1. The first-order valence-electron chi connectivity index (χ1n) is 5.29. The van der Waals surface area contributed by atoms with Crippen LogP contribution in [0.1, 0.15) is 5.69 Å². The SMILES string of the molecule is FC(F)(F)c1ccc2nc(-c3ccncc3)oc2n1. The molecule has 0 spiro atoms. The number of aromatic nitrogens is 3. The Bertz CT molecular complexity index is 722. The van der Waals surface area contributed by atoms with Crippen LogP contribution in [0, 0.1) is 0 Å². The summed E-state index contributed by atoms with van der Waals surface area (Å²) in [7, 11) is 0. The second-order valence-corrected chi connectivity index (χ2v) is 3.77. The zero-order valence-electron chi connectivity index (χ0n) is 9.35. The summed E-state index contributed by atoms with van der Waals surface area (Å²) in [6.07, 6.45) is -1.42. The van der Waals surface area contributed by atoms with Gasteiger partial charge in [0.1, 0.15) is 11.2 Å². The summed E-state index contributed by atoms with van der Waals surface area (Å²) in [5.41, 5.74) is -0.236. The number of nitrogens with zero attached hydrogens (tertiary/aromatic N) is 3. The fourth-order valence-electron chi connectivity index (χ4n) is 1.59. The van der Waals surface area contributed by atoms with Crippen molar-refractivity contribution in [3.8, 4) is 11.5 Å². The van der Waals surface area contributed by atoms with Crippen LogP contribution in [0.3, 0.4) is 0 Å². The lowest BCUT2D eigenvalue weighted by Crippen LogP contribution is -2.07. The maximum absolute atomic E-state index is 12.5. The Kier molecular flexibility index (Phi) is 2.48. The van der Waals surface area contributed by atoms with Gasteiger partial charge in [-0.3, -0.25) is 4.98 Å². The Balaban J connectivity index is 2.12. The van der Waals surface area contributed by atoms with Crippen molar-refractivity contribution in [2.45, 2.75) is 6.18 Å². The molecule has 0 amide bonds. The molecule has 0 aliphatic rings. The number of halogens is 3. The smallest absolute Gasteiger partial charge is 0.418 e. The van der Waals surface area contributed by atoms with Gasteiger partial charge < -0.3 is 4.42 Å². The standard InChI is InChI=1S/C12H6F3N3O/c13-12(14,15)9-2-1-8-11(18-9)19-10(17-8)7-3-5-16-6-4-7/h1-6H. The third-order valence-electron chi connectivity index (χ3n) is 2.47. The molecule has 0 fully saturated rings. The minimum Gasteiger partial charge on any atom is -0.418 e. The highest BCUT2D eigenvalue weighted by Crippen LogP contribution is 2.30. The molecule has 0 aromatic carbocycles. The van der Waals surface area contributed by atoms with Gasteiger partial charge in [0.25, 0.3) is 0 Å². The van der Waals surface area contributed by atoms with Crippen LogP contribution < -0.4 is 0 Å². The van der Waals surface area contributed by atoms with Crippen molar-refractivity contribution in [3.05, 3.63) is 42.4 Å². The Morgan fingerprint density at radius 1 is 0.947 bits per heavy atom. The van der Waals surface area contributed by atoms with Crippen LogP contribution in [0.15, 0.2) is 41.1 Å². The van der Waals surface area contributed by atoms with Gasteiger partial charge >= 0.3 is 6.18 Å². The number of pyridine rings is 2. The van der Waals surface area contributed by atoms with Crippen molar-refractivity contribution in [2.75, 3.05) is 0 Å². The molecule has 19 heavy (non-hydrogen) atoms. The van der Waals surface area contributed by atoms with E-state index >= 15 is 0 Å². The van der Waals surface area contributed by atoms with E-state index in [1.807, 2.05) is 0 Å². The topological polar surface area (TPSA) is 51.8 Å². The summed E-state index contributed by atoms with van der Waals surface area (Å²) in [6, 6.07) is 5.41. The molecule has 7 heteroatoms. The van der Waals surface area contributed by atoms with E-state index in [4.69, 9.17) is 4.42 Å². The van der Waals surface area contributed by atoms with E-state index in [9.17, 15) is 13.2 Å². The van der Waals surface area contributed by atoms with Crippen LogP contribution in [-0.2, 0) is 6.18 Å². The number of rotatable bonds is 1. The largest absolute Gasteiger partial charge is 0.433 e. The molecule has 0 bridgehead atoms. The van der Waals surface area contributed by atoms with Crippen molar-refractivity contribution in [3.63, 3.8) is 0 Å². The lowest BCUT2D eigenvalue weighted by atomic mass is 10.3. The van der Waals surface area contributed by atoms with Crippen molar-refractivity contribution < 1.29 is 17.6 Å². The Labute approximate surface area is 104 Å². The Morgan fingerprint density at radius 3 is 2.37 bits per heavy atom. The van der Waals surface area contributed by atoms with Gasteiger partial charge in [-0.2, -0.15) is 13.2 Å². The van der Waals surface area contributed by atoms with E-state index in [1.165, 1.54) is 6.07 Å². The van der Waals surface area contributed by atoms with Crippen LogP contribution in [-0.4, -0.2) is 15.0 Å². The maximum atomic E-state index is 12.5. The molecule has 96 valence electrons. The third-order valence-corrected chi connectivity index (χ3v) is 2.47. The molecule has 4 nitrogen and oxygen atoms in total. The molecule has 0 saturated carbocycles. The van der Waals surface area contributed by atoms with E-state index in [1.54, 1.807) is 24.5 Å². The fourth-order valence-corrected chi connectivity index (χ4v) is 1.59. The quantitative estimate of drug-likeness (QED) is 0.677. The van der Waals surface area contributed by atoms with Crippen molar-refractivity contribution >= 4 is 11.2 Å². The van der Waals surface area contributed by atoms with Gasteiger partial charge in [0.15, 0.2) is 0 Å². The van der Waals surface area contributed by atoms with Crippen LogP contribution in [0.2, 0.25) is 0 Å². The summed E-state index contributed by atoms with van der Waals surface area (Å²) in [6.45, 7) is 0. The Hall–Kier alpha value is -2.44. The molecule has 0 saturated heterocycles. The highest BCUT2D eigenvalue weighted by molar-refractivity contribution is 5.72. The van der Waals surface area contributed by atoms with Crippen molar-refractivity contribution in [1.82, 2.24) is 15.0 Å². The van der Waals surface area contributed by atoms with Crippen molar-refractivity contribution in [2.24, 2.45) is 0 Å². The second kappa shape index (κ2) is 4.04. The molecule has 3 aromatic heterocycles. The highest BCUT2D eigenvalue weighted by Gasteiger charge is 2.33. The van der Waals surface area contributed by atoms with Gasteiger partial charge in [-0.25, -0.2) is 9.97 Å². The second-order valence-electron chi connectivity index (χ2n) is 3.77. The predicted octanol–water partition coefficient (Wildman–Crippen LogP) is 3.30. The number of alkyl halides is 3. The molecule has 0 atom stereocenters. The minimum atomic E-state index is -4.50. The summed E-state index contributed by atoms with van der Waals surface area (Å²) in [5, 5.41) is 0. The lowest BCUT2D eigenvalue weighted by molar-refractivity contribution is -0.141. The van der Waals surface area contributed by atoms with Crippen LogP contribution >= 0.6 is 0 Å². The maximum Gasteiger partial charge on any atom is 0.433 e. The minimum absolute atomic E-state index is 0.137. The summed E-state index contributed by atoms with van der Waals surface area (Å²) >= 11 is 0. The summed E-state index contributed by atoms with van der Waals surface area (Å²) in [5.74, 6) is 0.212. The summed E-state index contributed by atoms with van der Waals surface area (Å²) < 4.78 is 42.8. The molecular formula is C12H6F3N3O. The molecule has 0 aliphatic carbocycles. The van der Waals surface area contributed by atoms with Crippen molar-refractivity contribution in [1.29, 1.82) is 0 Å². The van der Waals surface area contributed by atoms with Crippen LogP contribution in [0.5, 0.6) is 0 Å². The van der Waals surface area contributed by atoms with Gasteiger partial charge in [-0.05, 0) is 24.3 Å². The predicted molar refractivity (Wildman–Crippen MR) is 60.0 cm³/mol. The Morgan fingerprint density at radius 2 is 1.68 bits per heavy atom. The number of fused-ring (bicyclic) bond motifs is 1. The molecular weight excluding hydrogens is 259 g/mol. The normalized spacial score (nSPS) is 11.9. The fraction of sp³-hybridized carbons (Fsp3) is 0.0833.